The molecule has 7 nitrogen and oxygen atoms in total. The van der Waals surface area contributed by atoms with Crippen molar-refractivity contribution >= 4 is 16.7 Å². The van der Waals surface area contributed by atoms with Crippen molar-refractivity contribution in [3.8, 4) is 0 Å². The van der Waals surface area contributed by atoms with E-state index in [9.17, 15) is 9.59 Å². The Kier molecular flexibility index (Phi) is 4.49. The number of carbonyl (C=O) groups is 1. The molecule has 0 aliphatic rings. The lowest BCUT2D eigenvalue weighted by Gasteiger charge is -2.07. The van der Waals surface area contributed by atoms with E-state index in [0.29, 0.717) is 18.5 Å². The Hall–Kier alpha value is -3.74. The number of fused-ring (bicyclic) bond motifs is 1. The van der Waals surface area contributed by atoms with Crippen LogP contribution in [0.1, 0.15) is 21.6 Å². The summed E-state index contributed by atoms with van der Waals surface area (Å²) in [6.07, 6.45) is 3.17. The van der Waals surface area contributed by atoms with Crippen LogP contribution < -0.4 is 10.9 Å². The van der Waals surface area contributed by atoms with E-state index in [0.717, 1.165) is 16.5 Å². The van der Waals surface area contributed by atoms with Crippen LogP contribution in [0.4, 0.5) is 0 Å². The van der Waals surface area contributed by atoms with Gasteiger partial charge in [-0.05, 0) is 28.6 Å². The van der Waals surface area contributed by atoms with Gasteiger partial charge in [0.05, 0.1) is 6.54 Å². The van der Waals surface area contributed by atoms with Crippen molar-refractivity contribution in [2.24, 2.45) is 0 Å². The highest BCUT2D eigenvalue weighted by Gasteiger charge is 2.09. The lowest BCUT2D eigenvalue weighted by Crippen LogP contribution is -2.26. The van der Waals surface area contributed by atoms with E-state index in [1.54, 1.807) is 29.2 Å². The number of nitrogens with one attached hydrogen (secondary N) is 2. The third-order valence-corrected chi connectivity index (χ3v) is 4.29. The molecule has 1 amide bonds. The van der Waals surface area contributed by atoms with E-state index < -0.39 is 0 Å². The van der Waals surface area contributed by atoms with Crippen LogP contribution in [0, 0.1) is 0 Å². The first-order valence-corrected chi connectivity index (χ1v) is 8.49. The normalized spacial score (nSPS) is 10.8. The Morgan fingerprint density at radius 2 is 1.85 bits per heavy atom. The van der Waals surface area contributed by atoms with E-state index in [-0.39, 0.29) is 17.2 Å². The van der Waals surface area contributed by atoms with Crippen LogP contribution in [0.25, 0.3) is 10.8 Å². The largest absolute Gasteiger partial charge is 0.347 e. The molecule has 0 saturated carbocycles. The van der Waals surface area contributed by atoms with Gasteiger partial charge in [-0.1, -0.05) is 42.5 Å². The Balaban J connectivity index is 1.42. The molecule has 0 saturated heterocycles. The van der Waals surface area contributed by atoms with Crippen molar-refractivity contribution in [2.75, 3.05) is 0 Å². The lowest BCUT2D eigenvalue weighted by molar-refractivity contribution is 0.0946. The molecule has 2 N–H and O–H groups in total. The molecule has 0 aliphatic carbocycles. The summed E-state index contributed by atoms with van der Waals surface area (Å²) >= 11 is 0. The molecule has 134 valence electrons. The predicted molar refractivity (Wildman–Crippen MR) is 101 cm³/mol. The number of amides is 1. The molecule has 2 heterocycles. The molecule has 27 heavy (non-hydrogen) atoms. The Morgan fingerprint density at radius 1 is 1.07 bits per heavy atom. The van der Waals surface area contributed by atoms with Crippen LogP contribution in [0.15, 0.2) is 72.0 Å². The van der Waals surface area contributed by atoms with E-state index in [4.69, 9.17) is 0 Å². The third-order valence-electron chi connectivity index (χ3n) is 4.29. The van der Waals surface area contributed by atoms with Crippen molar-refractivity contribution < 1.29 is 4.79 Å². The van der Waals surface area contributed by atoms with Gasteiger partial charge in [-0.25, -0.2) is 9.67 Å². The first-order chi connectivity index (χ1) is 13.2. The zero-order chi connectivity index (χ0) is 18.6. The molecule has 7 heteroatoms. The quantitative estimate of drug-likeness (QED) is 0.571. The van der Waals surface area contributed by atoms with Gasteiger partial charge in [0.15, 0.2) is 0 Å². The van der Waals surface area contributed by atoms with Crippen LogP contribution in [-0.2, 0) is 13.1 Å². The molecule has 0 atom stereocenters. The minimum absolute atomic E-state index is 0.251. The number of aromatic amines is 1. The maximum atomic E-state index is 12.4. The average Bonchev–Trinajstić information content (AvgIpc) is 3.20. The van der Waals surface area contributed by atoms with Crippen molar-refractivity contribution in [3.05, 3.63) is 94.4 Å². The Morgan fingerprint density at radius 3 is 2.63 bits per heavy atom. The molecule has 2 aromatic heterocycles. The van der Waals surface area contributed by atoms with Crippen LogP contribution in [-0.4, -0.2) is 25.7 Å². The number of benzene rings is 2. The second-order valence-corrected chi connectivity index (χ2v) is 6.19. The number of pyridine rings is 1. The van der Waals surface area contributed by atoms with Crippen molar-refractivity contribution in [2.45, 2.75) is 13.1 Å². The highest BCUT2D eigenvalue weighted by atomic mass is 16.2. The van der Waals surface area contributed by atoms with E-state index in [1.165, 1.54) is 6.33 Å². The minimum atomic E-state index is -0.315. The monoisotopic (exact) mass is 359 g/mol. The molecule has 0 aliphatic heterocycles. The topological polar surface area (TPSA) is 92.7 Å². The fourth-order valence-corrected chi connectivity index (χ4v) is 2.87. The minimum Gasteiger partial charge on any atom is -0.347 e. The highest BCUT2D eigenvalue weighted by molar-refractivity contribution is 5.96. The van der Waals surface area contributed by atoms with Gasteiger partial charge in [-0.15, -0.1) is 0 Å². The smallest absolute Gasteiger partial charge is 0.268 e. The summed E-state index contributed by atoms with van der Waals surface area (Å²) in [4.78, 5) is 31.0. The number of nitrogens with zero attached hydrogens (tertiary/aromatic N) is 3. The summed E-state index contributed by atoms with van der Waals surface area (Å²) < 4.78 is 1.74. The second kappa shape index (κ2) is 7.25. The van der Waals surface area contributed by atoms with Gasteiger partial charge in [0.2, 0.25) is 0 Å². The number of carbonyl (C=O) groups excluding carboxylic acids is 1. The second-order valence-electron chi connectivity index (χ2n) is 6.19. The number of H-pyrrole nitrogens is 1. The van der Waals surface area contributed by atoms with Gasteiger partial charge in [0.25, 0.3) is 11.5 Å². The molecule has 0 spiro atoms. The Bertz CT molecular complexity index is 1130. The molecule has 0 fully saturated rings. The van der Waals surface area contributed by atoms with Crippen molar-refractivity contribution in [1.82, 2.24) is 25.1 Å². The van der Waals surface area contributed by atoms with Gasteiger partial charge in [0.1, 0.15) is 18.3 Å². The predicted octanol–water partition coefficient (Wildman–Crippen LogP) is 2.10. The highest BCUT2D eigenvalue weighted by Crippen LogP contribution is 2.10. The van der Waals surface area contributed by atoms with E-state index >= 15 is 0 Å². The van der Waals surface area contributed by atoms with E-state index in [1.807, 2.05) is 36.4 Å². The van der Waals surface area contributed by atoms with Crippen molar-refractivity contribution in [3.63, 3.8) is 0 Å². The molecule has 0 unspecified atom stereocenters. The summed E-state index contributed by atoms with van der Waals surface area (Å²) in [5.41, 5.74) is 2.04. The van der Waals surface area contributed by atoms with Gasteiger partial charge in [-0.3, -0.25) is 9.59 Å². The molecule has 4 aromatic rings. The molecular weight excluding hydrogens is 342 g/mol. The van der Waals surface area contributed by atoms with Gasteiger partial charge < -0.3 is 10.3 Å². The molecule has 2 aromatic carbocycles. The van der Waals surface area contributed by atoms with Gasteiger partial charge in [0, 0.05) is 11.9 Å². The first-order valence-electron chi connectivity index (χ1n) is 8.49. The standard InChI is InChI=1S/C20H17N5O2/c26-19-17-4-2-1-3-16(17)9-18(24-19)20(27)22-10-14-5-7-15(8-6-14)11-25-13-21-12-23-25/h1-9,12-13H,10-11H2,(H,22,27)(H,24,26). The van der Waals surface area contributed by atoms with E-state index in [2.05, 4.69) is 20.4 Å². The number of aromatic nitrogens is 4. The lowest BCUT2D eigenvalue weighted by atomic mass is 10.1. The van der Waals surface area contributed by atoms with Gasteiger partial charge >= 0.3 is 0 Å². The maximum Gasteiger partial charge on any atom is 0.268 e. The SMILES string of the molecule is O=C(NCc1ccc(Cn2cncn2)cc1)c1cc2ccccc2c(=O)[nH]1. The number of hydrogen-bond acceptors (Lipinski definition) is 4. The summed E-state index contributed by atoms with van der Waals surface area (Å²) in [5.74, 6) is -0.315. The summed E-state index contributed by atoms with van der Waals surface area (Å²) in [5, 5.41) is 8.22. The fourth-order valence-electron chi connectivity index (χ4n) is 2.87. The summed E-state index contributed by atoms with van der Waals surface area (Å²) in [6, 6.07) is 16.8. The molecule has 0 radical (unpaired) electrons. The van der Waals surface area contributed by atoms with Crippen LogP contribution in [0.2, 0.25) is 0 Å². The fraction of sp³-hybridized carbons (Fsp3) is 0.100. The van der Waals surface area contributed by atoms with Crippen LogP contribution in [0.5, 0.6) is 0 Å². The third kappa shape index (κ3) is 3.77. The zero-order valence-electron chi connectivity index (χ0n) is 14.4. The van der Waals surface area contributed by atoms with Crippen LogP contribution >= 0.6 is 0 Å². The molecule has 4 rings (SSSR count). The number of hydrogen-bond donors (Lipinski definition) is 2. The van der Waals surface area contributed by atoms with Crippen molar-refractivity contribution in [1.29, 1.82) is 0 Å². The van der Waals surface area contributed by atoms with Crippen LogP contribution in [0.3, 0.4) is 0 Å². The average molecular weight is 359 g/mol. The zero-order valence-corrected chi connectivity index (χ0v) is 14.4. The number of rotatable bonds is 5. The molecule has 0 bridgehead atoms. The summed E-state index contributed by atoms with van der Waals surface area (Å²) in [6.45, 7) is 1.02. The first kappa shape index (κ1) is 16.7. The van der Waals surface area contributed by atoms with Gasteiger partial charge in [-0.2, -0.15) is 5.10 Å². The molecular formula is C20H17N5O2. The Labute approximate surface area is 154 Å². The summed E-state index contributed by atoms with van der Waals surface area (Å²) in [7, 11) is 0. The maximum absolute atomic E-state index is 12.4.